The average Bonchev–Trinajstić information content (AvgIpc) is 3.27. The summed E-state index contributed by atoms with van der Waals surface area (Å²) >= 11 is 0. The Kier molecular flexibility index (Phi) is 10.7. The number of methoxy groups -OCH3 is 1. The first kappa shape index (κ1) is 24.4. The molecule has 1 saturated heterocycles. The van der Waals surface area contributed by atoms with Crippen molar-refractivity contribution in [1.29, 1.82) is 0 Å². The molecule has 1 heterocycles. The molecular formula is C24H42O5. The summed E-state index contributed by atoms with van der Waals surface area (Å²) in [6.07, 6.45) is 14.6. The summed E-state index contributed by atoms with van der Waals surface area (Å²) in [5.41, 5.74) is 0. The molecule has 0 unspecified atom stereocenters. The van der Waals surface area contributed by atoms with Crippen molar-refractivity contribution in [3.63, 3.8) is 0 Å². The van der Waals surface area contributed by atoms with Gasteiger partial charge in [-0.15, -0.1) is 0 Å². The maximum absolute atomic E-state index is 11.2. The topological polar surface area (TPSA) is 65.0 Å². The van der Waals surface area contributed by atoms with E-state index in [1.807, 2.05) is 0 Å². The van der Waals surface area contributed by atoms with Gasteiger partial charge in [-0.25, -0.2) is 0 Å². The van der Waals surface area contributed by atoms with Gasteiger partial charge in [0.15, 0.2) is 5.79 Å². The van der Waals surface area contributed by atoms with Gasteiger partial charge in [0, 0.05) is 19.3 Å². The number of aliphatic hydroxyl groups excluding tert-OH is 1. The van der Waals surface area contributed by atoms with Crippen LogP contribution in [0.4, 0.5) is 0 Å². The van der Waals surface area contributed by atoms with Gasteiger partial charge in [-0.05, 0) is 56.3 Å². The molecule has 0 aromatic carbocycles. The van der Waals surface area contributed by atoms with Crippen LogP contribution in [0.15, 0.2) is 12.2 Å². The molecule has 0 aromatic heterocycles. The maximum Gasteiger partial charge on any atom is 0.305 e. The Labute approximate surface area is 177 Å². The van der Waals surface area contributed by atoms with E-state index >= 15 is 0 Å². The van der Waals surface area contributed by atoms with E-state index in [4.69, 9.17) is 9.47 Å². The normalized spacial score (nSPS) is 29.0. The number of esters is 1. The Bertz CT molecular complexity index is 497. The van der Waals surface area contributed by atoms with Crippen LogP contribution in [0, 0.1) is 17.8 Å². The molecule has 5 nitrogen and oxygen atoms in total. The number of ether oxygens (including phenoxy) is 3. The van der Waals surface area contributed by atoms with Gasteiger partial charge in [0.1, 0.15) is 0 Å². The molecule has 0 aromatic rings. The Morgan fingerprint density at radius 1 is 1.14 bits per heavy atom. The number of unbranched alkanes of at least 4 members (excludes halogenated alkanes) is 3. The number of carbonyl (C=O) groups excluding carboxylic acids is 1. The van der Waals surface area contributed by atoms with E-state index in [2.05, 4.69) is 30.7 Å². The molecule has 2 aliphatic rings. The molecule has 2 rings (SSSR count). The van der Waals surface area contributed by atoms with E-state index in [-0.39, 0.29) is 12.1 Å². The van der Waals surface area contributed by atoms with E-state index < -0.39 is 5.79 Å². The van der Waals surface area contributed by atoms with E-state index in [1.54, 1.807) is 0 Å². The van der Waals surface area contributed by atoms with Gasteiger partial charge >= 0.3 is 5.97 Å². The molecule has 1 saturated carbocycles. The second-order valence-electron chi connectivity index (χ2n) is 8.89. The lowest BCUT2D eigenvalue weighted by molar-refractivity contribution is -0.171. The minimum atomic E-state index is -0.422. The van der Waals surface area contributed by atoms with E-state index in [0.717, 1.165) is 51.4 Å². The van der Waals surface area contributed by atoms with Gasteiger partial charge in [-0.3, -0.25) is 4.79 Å². The number of hydrogen-bond acceptors (Lipinski definition) is 5. The van der Waals surface area contributed by atoms with Crippen molar-refractivity contribution in [2.75, 3.05) is 20.3 Å². The molecule has 0 amide bonds. The molecule has 168 valence electrons. The smallest absolute Gasteiger partial charge is 0.305 e. The monoisotopic (exact) mass is 410 g/mol. The highest BCUT2D eigenvalue weighted by molar-refractivity contribution is 5.69. The van der Waals surface area contributed by atoms with Crippen LogP contribution < -0.4 is 0 Å². The third-order valence-electron chi connectivity index (χ3n) is 6.78. The minimum Gasteiger partial charge on any atom is -0.469 e. The Balaban J connectivity index is 1.82. The number of carbonyl (C=O) groups is 1. The lowest BCUT2D eigenvalue weighted by atomic mass is 9.82. The number of hydrogen-bond donors (Lipinski definition) is 1. The number of aliphatic hydroxyl groups is 1. The molecule has 5 heteroatoms. The van der Waals surface area contributed by atoms with Crippen LogP contribution in [0.3, 0.4) is 0 Å². The fraction of sp³-hybridized carbons (Fsp3) is 0.875. The van der Waals surface area contributed by atoms with Crippen LogP contribution in [0.2, 0.25) is 0 Å². The van der Waals surface area contributed by atoms with Crippen LogP contribution in [0.25, 0.3) is 0 Å². The summed E-state index contributed by atoms with van der Waals surface area (Å²) in [4.78, 5) is 11.2. The van der Waals surface area contributed by atoms with Crippen LogP contribution in [-0.4, -0.2) is 43.3 Å². The summed E-state index contributed by atoms with van der Waals surface area (Å²) < 4.78 is 16.8. The van der Waals surface area contributed by atoms with Crippen LogP contribution in [0.5, 0.6) is 0 Å². The first-order valence-corrected chi connectivity index (χ1v) is 11.7. The molecular weight excluding hydrogens is 368 g/mol. The second kappa shape index (κ2) is 12.7. The zero-order valence-electron chi connectivity index (χ0n) is 18.7. The zero-order chi connectivity index (χ0) is 21.1. The van der Waals surface area contributed by atoms with Crippen molar-refractivity contribution in [2.45, 2.75) is 96.4 Å². The van der Waals surface area contributed by atoms with Crippen LogP contribution in [-0.2, 0) is 19.0 Å². The Morgan fingerprint density at radius 3 is 2.59 bits per heavy atom. The second-order valence-corrected chi connectivity index (χ2v) is 8.89. The lowest BCUT2D eigenvalue weighted by Gasteiger charge is -2.31. The van der Waals surface area contributed by atoms with Crippen LogP contribution in [0.1, 0.15) is 84.5 Å². The Hall–Kier alpha value is -0.910. The van der Waals surface area contributed by atoms with E-state index in [0.29, 0.717) is 37.4 Å². The predicted octanol–water partition coefficient (Wildman–Crippen LogP) is 5.01. The Morgan fingerprint density at radius 2 is 1.90 bits per heavy atom. The summed E-state index contributed by atoms with van der Waals surface area (Å²) in [5, 5.41) is 10.7. The van der Waals surface area contributed by atoms with E-state index in [9.17, 15) is 9.90 Å². The SMILES string of the molecule is CCCCCC1(CC[C@@H]2[C@@H](C/C=C\CCCC(=O)OC)[C@@H](C)C[C@@H]2O)OCCO1. The average molecular weight is 411 g/mol. The summed E-state index contributed by atoms with van der Waals surface area (Å²) in [6, 6.07) is 0. The zero-order valence-corrected chi connectivity index (χ0v) is 18.7. The predicted molar refractivity (Wildman–Crippen MR) is 114 cm³/mol. The van der Waals surface area contributed by atoms with Gasteiger partial charge in [0.05, 0.1) is 26.4 Å². The summed E-state index contributed by atoms with van der Waals surface area (Å²) in [7, 11) is 1.43. The van der Waals surface area contributed by atoms with Crippen molar-refractivity contribution in [2.24, 2.45) is 17.8 Å². The fourth-order valence-electron chi connectivity index (χ4n) is 5.03. The molecule has 1 aliphatic carbocycles. The first-order valence-electron chi connectivity index (χ1n) is 11.7. The highest BCUT2D eigenvalue weighted by atomic mass is 16.7. The largest absolute Gasteiger partial charge is 0.469 e. The lowest BCUT2D eigenvalue weighted by Crippen LogP contribution is -2.32. The number of rotatable bonds is 13. The highest BCUT2D eigenvalue weighted by Crippen LogP contribution is 2.44. The van der Waals surface area contributed by atoms with Crippen molar-refractivity contribution in [3.8, 4) is 0 Å². The minimum absolute atomic E-state index is 0.143. The number of allylic oxidation sites excluding steroid dienone is 2. The van der Waals surface area contributed by atoms with Gasteiger partial charge in [0.2, 0.25) is 0 Å². The summed E-state index contributed by atoms with van der Waals surface area (Å²) in [6.45, 7) is 5.85. The molecule has 1 aliphatic heterocycles. The van der Waals surface area contributed by atoms with Gasteiger partial charge in [-0.2, -0.15) is 0 Å². The molecule has 1 N–H and O–H groups in total. The molecule has 0 radical (unpaired) electrons. The first-order chi connectivity index (χ1) is 14.0. The summed E-state index contributed by atoms with van der Waals surface area (Å²) in [5.74, 6) is 0.762. The maximum atomic E-state index is 11.2. The fourth-order valence-corrected chi connectivity index (χ4v) is 5.03. The van der Waals surface area contributed by atoms with E-state index in [1.165, 1.54) is 20.0 Å². The van der Waals surface area contributed by atoms with Gasteiger partial charge < -0.3 is 19.3 Å². The third-order valence-corrected chi connectivity index (χ3v) is 6.78. The van der Waals surface area contributed by atoms with Gasteiger partial charge in [-0.1, -0.05) is 38.8 Å². The van der Waals surface area contributed by atoms with Crippen molar-refractivity contribution in [3.05, 3.63) is 12.2 Å². The van der Waals surface area contributed by atoms with Gasteiger partial charge in [0.25, 0.3) is 0 Å². The standard InChI is InChI=1S/C24H42O5/c1-4-5-10-14-24(28-16-17-29-24)15-13-21-20(19(2)18-22(21)25)11-8-6-7-9-12-23(26)27-3/h6,8,19-22,25H,4-5,7,9-18H2,1-3H3/b8-6-/t19-,20-,21+,22-/m0/s1. The third kappa shape index (κ3) is 7.69. The molecule has 4 atom stereocenters. The molecule has 2 fully saturated rings. The van der Waals surface area contributed by atoms with Crippen molar-refractivity contribution in [1.82, 2.24) is 0 Å². The molecule has 0 bridgehead atoms. The van der Waals surface area contributed by atoms with Crippen molar-refractivity contribution < 1.29 is 24.1 Å². The molecule has 29 heavy (non-hydrogen) atoms. The quantitative estimate of drug-likeness (QED) is 0.263. The van der Waals surface area contributed by atoms with Crippen LogP contribution >= 0.6 is 0 Å². The molecule has 0 spiro atoms. The highest BCUT2D eigenvalue weighted by Gasteiger charge is 2.42. The van der Waals surface area contributed by atoms with Crippen molar-refractivity contribution >= 4 is 5.97 Å².